The van der Waals surface area contributed by atoms with E-state index in [4.69, 9.17) is 0 Å². The zero-order chi connectivity index (χ0) is 34.9. The number of aromatic nitrogens is 2. The Kier molecular flexibility index (Phi) is 5.71. The van der Waals surface area contributed by atoms with E-state index < -0.39 is 0 Å². The Labute approximate surface area is 303 Å². The summed E-state index contributed by atoms with van der Waals surface area (Å²) in [7, 11) is 0. The summed E-state index contributed by atoms with van der Waals surface area (Å²) in [5, 5.41) is 28.7. The summed E-state index contributed by atoms with van der Waals surface area (Å²) in [4.78, 5) is 0. The minimum atomic E-state index is -0.183. The first kappa shape index (κ1) is 29.1. The second-order valence-electron chi connectivity index (χ2n) is 14.4. The predicted molar refractivity (Wildman–Crippen MR) is 215 cm³/mol. The van der Waals surface area contributed by atoms with E-state index in [0.29, 0.717) is 22.5 Å². The number of fused-ring (bicyclic) bond motifs is 12. The first-order chi connectivity index (χ1) is 25.5. The van der Waals surface area contributed by atoms with Gasteiger partial charge in [0.1, 0.15) is 12.1 Å². The van der Waals surface area contributed by atoms with Crippen molar-refractivity contribution in [2.24, 2.45) is 0 Å². The second kappa shape index (κ2) is 10.2. The van der Waals surface area contributed by atoms with Crippen molar-refractivity contribution in [3.05, 3.63) is 156 Å². The average Bonchev–Trinajstić information content (AvgIpc) is 3.88. The molecule has 0 N–H and O–H groups in total. The summed E-state index contributed by atoms with van der Waals surface area (Å²) in [6.45, 7) is 4.58. The van der Waals surface area contributed by atoms with Gasteiger partial charge in [0.15, 0.2) is 0 Å². The Morgan fingerprint density at radius 1 is 0.462 bits per heavy atom. The maximum absolute atomic E-state index is 10.9. The van der Waals surface area contributed by atoms with Crippen LogP contribution in [0.3, 0.4) is 0 Å². The zero-order valence-corrected chi connectivity index (χ0v) is 29.2. The Bertz CT molecular complexity index is 3300. The van der Waals surface area contributed by atoms with E-state index in [-0.39, 0.29) is 5.41 Å². The van der Waals surface area contributed by atoms with Crippen molar-refractivity contribution in [2.45, 2.75) is 19.3 Å². The fraction of sp³-hybridized carbons (Fsp3) is 0.0638. The van der Waals surface area contributed by atoms with Gasteiger partial charge in [0.05, 0.1) is 44.6 Å². The average molecular weight is 681 g/mol. The molecule has 0 fully saturated rings. The topological polar surface area (TPSA) is 57.4 Å². The van der Waals surface area contributed by atoms with Crippen LogP contribution in [0.1, 0.15) is 36.1 Å². The van der Waals surface area contributed by atoms with Crippen LogP contribution in [0.5, 0.6) is 0 Å². The summed E-state index contributed by atoms with van der Waals surface area (Å²) in [5.41, 5.74) is 11.4. The molecule has 3 heterocycles. The van der Waals surface area contributed by atoms with E-state index in [1.807, 2.05) is 24.3 Å². The molecule has 0 aliphatic heterocycles. The van der Waals surface area contributed by atoms with Gasteiger partial charge in [-0.25, -0.2) is 0 Å². The smallest absolute Gasteiger partial charge is 0.101 e. The summed E-state index contributed by atoms with van der Waals surface area (Å²) < 4.78 is 6.81. The Hall–Kier alpha value is -6.66. The Morgan fingerprint density at radius 2 is 1.02 bits per heavy atom. The molecular weight excluding hydrogens is 653 g/mol. The van der Waals surface area contributed by atoms with Crippen molar-refractivity contribution in [1.82, 2.24) is 9.13 Å². The molecule has 0 unspecified atom stereocenters. The lowest BCUT2D eigenvalue weighted by Crippen LogP contribution is -2.15. The molecule has 0 radical (unpaired) electrons. The summed E-state index contributed by atoms with van der Waals surface area (Å²) >= 11 is 1.78. The minimum absolute atomic E-state index is 0.183. The lowest BCUT2D eigenvalue weighted by atomic mass is 9.82. The number of benzene rings is 7. The normalized spacial score (nSPS) is 13.3. The molecule has 7 aromatic carbocycles. The maximum atomic E-state index is 10.9. The fourth-order valence-corrected chi connectivity index (χ4v) is 10.1. The number of hydrogen-bond acceptors (Lipinski definition) is 3. The van der Waals surface area contributed by atoms with E-state index in [1.165, 1.54) is 42.4 Å². The van der Waals surface area contributed by atoms with Crippen LogP contribution in [0.25, 0.3) is 86.3 Å². The molecule has 0 saturated heterocycles. The van der Waals surface area contributed by atoms with Crippen LogP contribution < -0.4 is 0 Å². The number of para-hydroxylation sites is 2. The molecule has 0 atom stereocenters. The molecule has 1 aliphatic carbocycles. The third-order valence-electron chi connectivity index (χ3n) is 11.4. The lowest BCUT2D eigenvalue weighted by Gasteiger charge is -2.22. The molecule has 0 spiro atoms. The van der Waals surface area contributed by atoms with Crippen LogP contribution in [0, 0.1) is 22.7 Å². The molecule has 52 heavy (non-hydrogen) atoms. The second-order valence-corrected chi connectivity index (χ2v) is 15.4. The van der Waals surface area contributed by atoms with Gasteiger partial charge in [0.2, 0.25) is 0 Å². The van der Waals surface area contributed by atoms with Crippen LogP contribution in [0.4, 0.5) is 0 Å². The third kappa shape index (κ3) is 3.68. The summed E-state index contributed by atoms with van der Waals surface area (Å²) in [6.07, 6.45) is 0. The van der Waals surface area contributed by atoms with Gasteiger partial charge in [-0.2, -0.15) is 10.5 Å². The first-order valence-electron chi connectivity index (χ1n) is 17.5. The largest absolute Gasteiger partial charge is 0.308 e. The van der Waals surface area contributed by atoms with Crippen molar-refractivity contribution < 1.29 is 0 Å². The van der Waals surface area contributed by atoms with Crippen LogP contribution in [-0.4, -0.2) is 9.13 Å². The van der Waals surface area contributed by atoms with Crippen LogP contribution in [0.2, 0.25) is 0 Å². The number of nitrogens with zero attached hydrogens (tertiary/aromatic N) is 4. The monoisotopic (exact) mass is 680 g/mol. The molecule has 242 valence electrons. The van der Waals surface area contributed by atoms with E-state index >= 15 is 0 Å². The van der Waals surface area contributed by atoms with Crippen molar-refractivity contribution in [3.63, 3.8) is 0 Å². The number of hydrogen-bond donors (Lipinski definition) is 0. The van der Waals surface area contributed by atoms with Gasteiger partial charge >= 0.3 is 0 Å². The molecule has 5 heteroatoms. The molecule has 0 amide bonds. The van der Waals surface area contributed by atoms with E-state index in [0.717, 1.165) is 43.6 Å². The molecule has 0 bridgehead atoms. The fourth-order valence-electron chi connectivity index (χ4n) is 9.00. The molecule has 0 saturated carbocycles. The van der Waals surface area contributed by atoms with Gasteiger partial charge in [-0.3, -0.25) is 0 Å². The highest BCUT2D eigenvalue weighted by Gasteiger charge is 2.36. The van der Waals surface area contributed by atoms with E-state index in [2.05, 4.69) is 144 Å². The number of rotatable bonds is 2. The molecule has 10 aromatic rings. The highest BCUT2D eigenvalue weighted by molar-refractivity contribution is 7.25. The van der Waals surface area contributed by atoms with Gasteiger partial charge in [0, 0.05) is 47.1 Å². The van der Waals surface area contributed by atoms with Crippen molar-refractivity contribution in [2.75, 3.05) is 0 Å². The predicted octanol–water partition coefficient (Wildman–Crippen LogP) is 12.3. The molecule has 3 aromatic heterocycles. The maximum Gasteiger partial charge on any atom is 0.101 e. The Balaban J connectivity index is 1.21. The van der Waals surface area contributed by atoms with Crippen molar-refractivity contribution in [3.8, 4) is 34.6 Å². The third-order valence-corrected chi connectivity index (χ3v) is 12.5. The zero-order valence-electron chi connectivity index (χ0n) is 28.4. The summed E-state index contributed by atoms with van der Waals surface area (Å²) in [6, 6.07) is 52.1. The van der Waals surface area contributed by atoms with Crippen LogP contribution >= 0.6 is 11.3 Å². The molecule has 11 rings (SSSR count). The number of thiophene rings is 1. The SMILES string of the molecule is CC1(C)c2ccccc2-c2cc3c4ccccc4n(-c4cc(C#N)c(-n5c6ccccc6c6cc7c(cc65)sc5ccccc57)cc4C#N)c3cc21. The Morgan fingerprint density at radius 3 is 1.69 bits per heavy atom. The van der Waals surface area contributed by atoms with Crippen LogP contribution in [0.15, 0.2) is 133 Å². The minimum Gasteiger partial charge on any atom is -0.308 e. The molecular formula is C47H28N4S. The highest BCUT2D eigenvalue weighted by Crippen LogP contribution is 2.51. The van der Waals surface area contributed by atoms with Gasteiger partial charge in [0.25, 0.3) is 0 Å². The molecule has 4 nitrogen and oxygen atoms in total. The van der Waals surface area contributed by atoms with Crippen molar-refractivity contribution >= 4 is 75.1 Å². The standard InChI is InChI=1S/C47H28N4S/c1-47(2)37-15-7-3-11-29(37)33-21-34-30-12-4-8-16-39(30)50(43(34)23-38(33)47)41-19-28(26-49)42(20-27(41)25-48)51-40-17-9-5-13-31(40)35-22-36-32-14-6-10-18-45(32)52-46(36)24-44(35)51/h3-24H,1-2H3. The van der Waals surface area contributed by atoms with Crippen LogP contribution in [-0.2, 0) is 5.41 Å². The van der Waals surface area contributed by atoms with Gasteiger partial charge in [-0.15, -0.1) is 11.3 Å². The van der Waals surface area contributed by atoms with Gasteiger partial charge in [-0.1, -0.05) is 92.7 Å². The van der Waals surface area contributed by atoms with E-state index in [1.54, 1.807) is 11.3 Å². The lowest BCUT2D eigenvalue weighted by molar-refractivity contribution is 0.661. The van der Waals surface area contributed by atoms with E-state index in [9.17, 15) is 10.5 Å². The highest BCUT2D eigenvalue weighted by atomic mass is 32.1. The molecule has 1 aliphatic rings. The quantitative estimate of drug-likeness (QED) is 0.182. The van der Waals surface area contributed by atoms with Crippen molar-refractivity contribution in [1.29, 1.82) is 10.5 Å². The number of nitriles is 2. The first-order valence-corrected chi connectivity index (χ1v) is 18.3. The summed E-state index contributed by atoms with van der Waals surface area (Å²) in [5.74, 6) is 0. The van der Waals surface area contributed by atoms with Gasteiger partial charge < -0.3 is 9.13 Å². The van der Waals surface area contributed by atoms with Gasteiger partial charge in [-0.05, 0) is 76.9 Å².